The van der Waals surface area contributed by atoms with Crippen molar-refractivity contribution in [3.8, 4) is 0 Å². The van der Waals surface area contributed by atoms with Gasteiger partial charge < -0.3 is 9.47 Å². The molecule has 1 atom stereocenters. The zero-order chi connectivity index (χ0) is 12.0. The van der Waals surface area contributed by atoms with Crippen LogP contribution in [-0.4, -0.2) is 18.0 Å². The number of carbonyl (C=O) groups is 2. The van der Waals surface area contributed by atoms with Gasteiger partial charge >= 0.3 is 11.9 Å². The molecule has 0 aromatic heterocycles. The highest BCUT2D eigenvalue weighted by molar-refractivity contribution is 5.78. The normalized spacial score (nSPS) is 11.6. The quantitative estimate of drug-likeness (QED) is 0.727. The minimum Gasteiger partial charge on any atom is -0.458 e. The molecule has 0 radical (unpaired) electrons. The first-order valence-electron chi connectivity index (χ1n) is 4.97. The number of rotatable bonds is 4. The molecular formula is C12H14O4. The summed E-state index contributed by atoms with van der Waals surface area (Å²) in [4.78, 5) is 22.0. The van der Waals surface area contributed by atoms with Crippen molar-refractivity contribution in [2.75, 3.05) is 0 Å². The maximum absolute atomic E-state index is 11.4. The molecule has 16 heavy (non-hydrogen) atoms. The van der Waals surface area contributed by atoms with E-state index in [1.807, 2.05) is 30.3 Å². The highest BCUT2D eigenvalue weighted by atomic mass is 16.6. The Hall–Kier alpha value is -1.84. The van der Waals surface area contributed by atoms with Crippen LogP contribution in [0.3, 0.4) is 0 Å². The Labute approximate surface area is 94.2 Å². The zero-order valence-corrected chi connectivity index (χ0v) is 9.30. The van der Waals surface area contributed by atoms with Crippen LogP contribution in [0, 0.1) is 0 Å². The van der Waals surface area contributed by atoms with Crippen LogP contribution >= 0.6 is 0 Å². The minimum absolute atomic E-state index is 0.186. The van der Waals surface area contributed by atoms with E-state index in [9.17, 15) is 9.59 Å². The molecule has 4 nitrogen and oxygen atoms in total. The van der Waals surface area contributed by atoms with E-state index in [-0.39, 0.29) is 6.61 Å². The fraction of sp³-hybridized carbons (Fsp3) is 0.333. The number of hydrogen-bond donors (Lipinski definition) is 0. The standard InChI is InChI=1S/C12H14O4/c1-9(16-10(2)13)12(14)15-8-11-6-4-3-5-7-11/h3-7,9H,8H2,1-2H3. The van der Waals surface area contributed by atoms with Gasteiger partial charge in [-0.2, -0.15) is 0 Å². The molecule has 0 saturated carbocycles. The van der Waals surface area contributed by atoms with Gasteiger partial charge in [0.15, 0.2) is 6.10 Å². The Kier molecular flexibility index (Phi) is 4.51. The van der Waals surface area contributed by atoms with Crippen LogP contribution in [0.15, 0.2) is 30.3 Å². The number of hydrogen-bond acceptors (Lipinski definition) is 4. The molecule has 0 aliphatic heterocycles. The first-order chi connectivity index (χ1) is 7.59. The molecule has 1 rings (SSSR count). The lowest BCUT2D eigenvalue weighted by Gasteiger charge is -2.11. The van der Waals surface area contributed by atoms with E-state index < -0.39 is 18.0 Å². The monoisotopic (exact) mass is 222 g/mol. The summed E-state index contributed by atoms with van der Waals surface area (Å²) in [7, 11) is 0. The lowest BCUT2D eigenvalue weighted by molar-refractivity contribution is -0.166. The summed E-state index contributed by atoms with van der Waals surface area (Å²) in [6.45, 7) is 2.92. The molecule has 0 bridgehead atoms. The number of carbonyl (C=O) groups excluding carboxylic acids is 2. The van der Waals surface area contributed by atoms with Gasteiger partial charge in [-0.3, -0.25) is 4.79 Å². The molecular weight excluding hydrogens is 208 g/mol. The molecule has 0 aliphatic carbocycles. The van der Waals surface area contributed by atoms with Crippen LogP contribution in [-0.2, 0) is 25.7 Å². The molecule has 0 heterocycles. The fourth-order valence-electron chi connectivity index (χ4n) is 1.14. The Morgan fingerprint density at radius 1 is 1.25 bits per heavy atom. The van der Waals surface area contributed by atoms with Gasteiger partial charge in [0.25, 0.3) is 0 Å². The van der Waals surface area contributed by atoms with Crippen molar-refractivity contribution in [3.63, 3.8) is 0 Å². The Morgan fingerprint density at radius 2 is 1.88 bits per heavy atom. The van der Waals surface area contributed by atoms with Gasteiger partial charge in [0.1, 0.15) is 6.61 Å². The molecule has 0 saturated heterocycles. The van der Waals surface area contributed by atoms with E-state index in [4.69, 9.17) is 4.74 Å². The first kappa shape index (κ1) is 12.2. The van der Waals surface area contributed by atoms with Gasteiger partial charge in [-0.05, 0) is 12.5 Å². The summed E-state index contributed by atoms with van der Waals surface area (Å²) >= 11 is 0. The van der Waals surface area contributed by atoms with Crippen molar-refractivity contribution < 1.29 is 19.1 Å². The molecule has 0 spiro atoms. The third-order valence-corrected chi connectivity index (χ3v) is 1.90. The molecule has 1 aromatic carbocycles. The summed E-state index contributed by atoms with van der Waals surface area (Å²) in [5.41, 5.74) is 0.894. The highest BCUT2D eigenvalue weighted by Gasteiger charge is 2.17. The molecule has 0 N–H and O–H groups in total. The largest absolute Gasteiger partial charge is 0.458 e. The molecule has 0 aliphatic rings. The Balaban J connectivity index is 2.38. The van der Waals surface area contributed by atoms with Gasteiger partial charge in [-0.1, -0.05) is 30.3 Å². The van der Waals surface area contributed by atoms with Crippen LogP contribution in [0.5, 0.6) is 0 Å². The lowest BCUT2D eigenvalue weighted by atomic mass is 10.2. The summed E-state index contributed by atoms with van der Waals surface area (Å²) in [6.07, 6.45) is -0.860. The fourth-order valence-corrected chi connectivity index (χ4v) is 1.14. The third kappa shape index (κ3) is 4.13. The van der Waals surface area contributed by atoms with E-state index in [2.05, 4.69) is 4.74 Å². The maximum Gasteiger partial charge on any atom is 0.347 e. The van der Waals surface area contributed by atoms with E-state index in [1.54, 1.807) is 0 Å². The zero-order valence-electron chi connectivity index (χ0n) is 9.30. The van der Waals surface area contributed by atoms with Crippen LogP contribution in [0.4, 0.5) is 0 Å². The average Bonchev–Trinajstić information content (AvgIpc) is 2.26. The van der Waals surface area contributed by atoms with Gasteiger partial charge in [0, 0.05) is 6.92 Å². The van der Waals surface area contributed by atoms with Crippen LogP contribution in [0.2, 0.25) is 0 Å². The highest BCUT2D eigenvalue weighted by Crippen LogP contribution is 2.03. The van der Waals surface area contributed by atoms with Crippen molar-refractivity contribution in [2.24, 2.45) is 0 Å². The van der Waals surface area contributed by atoms with E-state index >= 15 is 0 Å². The topological polar surface area (TPSA) is 52.6 Å². The molecule has 86 valence electrons. The van der Waals surface area contributed by atoms with E-state index in [0.29, 0.717) is 0 Å². The molecule has 0 fully saturated rings. The Bertz CT molecular complexity index is 359. The van der Waals surface area contributed by atoms with Gasteiger partial charge in [0.05, 0.1) is 0 Å². The summed E-state index contributed by atoms with van der Waals surface area (Å²) < 4.78 is 9.66. The van der Waals surface area contributed by atoms with Crippen molar-refractivity contribution in [2.45, 2.75) is 26.6 Å². The molecule has 4 heteroatoms. The van der Waals surface area contributed by atoms with E-state index in [0.717, 1.165) is 5.56 Å². The van der Waals surface area contributed by atoms with Crippen molar-refractivity contribution in [1.82, 2.24) is 0 Å². The van der Waals surface area contributed by atoms with Crippen LogP contribution < -0.4 is 0 Å². The second-order valence-electron chi connectivity index (χ2n) is 3.34. The molecule has 1 unspecified atom stereocenters. The van der Waals surface area contributed by atoms with Gasteiger partial charge in [0.2, 0.25) is 0 Å². The summed E-state index contributed by atoms with van der Waals surface area (Å²) in [5, 5.41) is 0. The van der Waals surface area contributed by atoms with Crippen molar-refractivity contribution in [1.29, 1.82) is 0 Å². The van der Waals surface area contributed by atoms with Crippen molar-refractivity contribution in [3.05, 3.63) is 35.9 Å². The van der Waals surface area contributed by atoms with E-state index in [1.165, 1.54) is 13.8 Å². The van der Waals surface area contributed by atoms with Gasteiger partial charge in [-0.25, -0.2) is 4.79 Å². The summed E-state index contributed by atoms with van der Waals surface area (Å²) in [5.74, 6) is -1.04. The number of benzene rings is 1. The maximum atomic E-state index is 11.4. The predicted molar refractivity (Wildman–Crippen MR) is 57.5 cm³/mol. The minimum atomic E-state index is -0.860. The number of ether oxygens (including phenoxy) is 2. The second-order valence-corrected chi connectivity index (χ2v) is 3.34. The SMILES string of the molecule is CC(=O)OC(C)C(=O)OCc1ccccc1. The van der Waals surface area contributed by atoms with Crippen molar-refractivity contribution >= 4 is 11.9 Å². The molecule has 1 aromatic rings. The third-order valence-electron chi connectivity index (χ3n) is 1.90. The van der Waals surface area contributed by atoms with Crippen LogP contribution in [0.1, 0.15) is 19.4 Å². The Morgan fingerprint density at radius 3 is 2.44 bits per heavy atom. The predicted octanol–water partition coefficient (Wildman–Crippen LogP) is 1.68. The van der Waals surface area contributed by atoms with Crippen LogP contribution in [0.25, 0.3) is 0 Å². The average molecular weight is 222 g/mol. The van der Waals surface area contributed by atoms with Gasteiger partial charge in [-0.15, -0.1) is 0 Å². The molecule has 0 amide bonds. The smallest absolute Gasteiger partial charge is 0.347 e. The first-order valence-corrected chi connectivity index (χ1v) is 4.97. The second kappa shape index (κ2) is 5.90. The number of esters is 2. The lowest BCUT2D eigenvalue weighted by Crippen LogP contribution is -2.25. The summed E-state index contributed by atoms with van der Waals surface area (Å²) in [6, 6.07) is 9.30.